The third kappa shape index (κ3) is 2.56. The molecule has 0 saturated heterocycles. The van der Waals surface area contributed by atoms with Crippen molar-refractivity contribution in [2.45, 2.75) is 19.5 Å². The number of alkyl halides is 3. The van der Waals surface area contributed by atoms with Crippen LogP contribution in [-0.2, 0) is 12.6 Å². The van der Waals surface area contributed by atoms with Gasteiger partial charge < -0.3 is 0 Å². The van der Waals surface area contributed by atoms with E-state index in [0.29, 0.717) is 5.39 Å². The summed E-state index contributed by atoms with van der Waals surface area (Å²) in [5, 5.41) is 0.515. The summed E-state index contributed by atoms with van der Waals surface area (Å²) in [6.07, 6.45) is -2.05. The lowest BCUT2D eigenvalue weighted by Gasteiger charge is -2.12. The first kappa shape index (κ1) is 14.6. The number of halogens is 3. The number of rotatable bonds is 2. The molecule has 0 aliphatic heterocycles. The van der Waals surface area contributed by atoms with Gasteiger partial charge >= 0.3 is 6.18 Å². The zero-order valence-corrected chi connectivity index (χ0v) is 12.0. The van der Waals surface area contributed by atoms with E-state index in [1.54, 1.807) is 12.1 Å². The lowest BCUT2D eigenvalue weighted by atomic mass is 9.98. The Morgan fingerprint density at radius 2 is 1.68 bits per heavy atom. The summed E-state index contributed by atoms with van der Waals surface area (Å²) in [6, 6.07) is 13.8. The molecule has 3 aromatic rings. The highest BCUT2D eigenvalue weighted by Gasteiger charge is 2.33. The van der Waals surface area contributed by atoms with Crippen LogP contribution < -0.4 is 0 Å². The fraction of sp³-hybridized carbons (Fsp3) is 0.167. The van der Waals surface area contributed by atoms with Crippen LogP contribution in [0, 0.1) is 0 Å². The summed E-state index contributed by atoms with van der Waals surface area (Å²) < 4.78 is 39.3. The molecule has 0 spiro atoms. The maximum absolute atomic E-state index is 13.1. The van der Waals surface area contributed by atoms with Gasteiger partial charge in [0.1, 0.15) is 0 Å². The number of nitrogens with zero attached hydrogens (tertiary/aromatic N) is 1. The highest BCUT2D eigenvalue weighted by Crippen LogP contribution is 2.36. The van der Waals surface area contributed by atoms with E-state index in [-0.39, 0.29) is 5.52 Å². The predicted octanol–water partition coefficient (Wildman–Crippen LogP) is 5.48. The number of para-hydroxylation sites is 1. The molecule has 0 atom stereocenters. The molecule has 0 unspecified atom stereocenters. The second-order valence-corrected chi connectivity index (χ2v) is 5.11. The molecule has 1 aromatic heterocycles. The van der Waals surface area contributed by atoms with Gasteiger partial charge in [0.2, 0.25) is 0 Å². The number of benzene rings is 2. The predicted molar refractivity (Wildman–Crippen MR) is 81.6 cm³/mol. The fourth-order valence-corrected chi connectivity index (χ4v) is 2.58. The molecule has 1 heterocycles. The molecule has 0 radical (unpaired) electrons. The summed E-state index contributed by atoms with van der Waals surface area (Å²) in [6.45, 7) is 2.06. The van der Waals surface area contributed by atoms with E-state index < -0.39 is 11.7 Å². The molecule has 112 valence electrons. The zero-order valence-electron chi connectivity index (χ0n) is 12.0. The maximum atomic E-state index is 13.1. The Balaban J connectivity index is 2.22. The molecule has 22 heavy (non-hydrogen) atoms. The molecule has 0 N–H and O–H groups in total. The van der Waals surface area contributed by atoms with Crippen LogP contribution in [0.25, 0.3) is 22.0 Å². The van der Waals surface area contributed by atoms with Crippen LogP contribution in [0.1, 0.15) is 18.1 Å². The van der Waals surface area contributed by atoms with Crippen molar-refractivity contribution in [2.24, 2.45) is 0 Å². The Hall–Kier alpha value is -2.36. The average molecular weight is 301 g/mol. The van der Waals surface area contributed by atoms with Crippen molar-refractivity contribution in [1.82, 2.24) is 4.98 Å². The van der Waals surface area contributed by atoms with Gasteiger partial charge in [-0.25, -0.2) is 0 Å². The normalized spacial score (nSPS) is 11.8. The largest absolute Gasteiger partial charge is 0.418 e. The Morgan fingerprint density at radius 3 is 2.32 bits per heavy atom. The molecule has 0 saturated carbocycles. The van der Waals surface area contributed by atoms with E-state index in [1.165, 1.54) is 17.8 Å². The Kier molecular flexibility index (Phi) is 3.61. The number of aromatic nitrogens is 1. The van der Waals surface area contributed by atoms with E-state index in [1.807, 2.05) is 24.3 Å². The van der Waals surface area contributed by atoms with E-state index >= 15 is 0 Å². The van der Waals surface area contributed by atoms with Crippen molar-refractivity contribution in [2.75, 3.05) is 0 Å². The first-order chi connectivity index (χ1) is 10.5. The molecular weight excluding hydrogens is 287 g/mol. The smallest absolute Gasteiger partial charge is 0.256 e. The molecule has 2 aromatic carbocycles. The summed E-state index contributed by atoms with van der Waals surface area (Å²) >= 11 is 0. The second-order valence-electron chi connectivity index (χ2n) is 5.11. The molecule has 4 heteroatoms. The quantitative estimate of drug-likeness (QED) is 0.610. The van der Waals surface area contributed by atoms with Gasteiger partial charge in [-0.3, -0.25) is 4.98 Å². The van der Waals surface area contributed by atoms with E-state index in [2.05, 4.69) is 11.9 Å². The Labute approximate surface area is 126 Å². The van der Waals surface area contributed by atoms with Crippen LogP contribution >= 0.6 is 0 Å². The molecule has 1 nitrogen and oxygen atoms in total. The fourth-order valence-electron chi connectivity index (χ4n) is 2.58. The van der Waals surface area contributed by atoms with Crippen LogP contribution in [-0.4, -0.2) is 4.98 Å². The Morgan fingerprint density at radius 1 is 0.955 bits per heavy atom. The minimum Gasteiger partial charge on any atom is -0.256 e. The van der Waals surface area contributed by atoms with Crippen molar-refractivity contribution in [3.63, 3.8) is 0 Å². The first-order valence-electron chi connectivity index (χ1n) is 7.05. The van der Waals surface area contributed by atoms with E-state index in [0.717, 1.165) is 23.6 Å². The van der Waals surface area contributed by atoms with Crippen LogP contribution in [0.2, 0.25) is 0 Å². The molecule has 3 rings (SSSR count). The van der Waals surface area contributed by atoms with Crippen LogP contribution in [0.15, 0.2) is 54.7 Å². The Bertz CT molecular complexity index is 805. The number of aryl methyl sites for hydroxylation is 1. The van der Waals surface area contributed by atoms with Gasteiger partial charge in [-0.1, -0.05) is 43.3 Å². The van der Waals surface area contributed by atoms with Gasteiger partial charge in [0.05, 0.1) is 11.1 Å². The monoisotopic (exact) mass is 301 g/mol. The van der Waals surface area contributed by atoms with Crippen molar-refractivity contribution in [3.05, 3.63) is 65.9 Å². The van der Waals surface area contributed by atoms with Gasteiger partial charge in [0.15, 0.2) is 0 Å². The highest BCUT2D eigenvalue weighted by atomic mass is 19.4. The van der Waals surface area contributed by atoms with Crippen molar-refractivity contribution in [3.8, 4) is 11.1 Å². The highest BCUT2D eigenvalue weighted by molar-refractivity contribution is 5.96. The maximum Gasteiger partial charge on any atom is 0.418 e. The molecule has 0 amide bonds. The average Bonchev–Trinajstić information content (AvgIpc) is 2.53. The lowest BCUT2D eigenvalue weighted by Crippen LogP contribution is -2.06. The topological polar surface area (TPSA) is 12.9 Å². The molecular formula is C18H14F3N. The van der Waals surface area contributed by atoms with E-state index in [9.17, 15) is 13.2 Å². The van der Waals surface area contributed by atoms with Crippen molar-refractivity contribution in [1.29, 1.82) is 0 Å². The van der Waals surface area contributed by atoms with Gasteiger partial charge in [0, 0.05) is 11.6 Å². The molecule has 0 fully saturated rings. The van der Waals surface area contributed by atoms with Crippen LogP contribution in [0.3, 0.4) is 0 Å². The first-order valence-corrected chi connectivity index (χ1v) is 7.05. The van der Waals surface area contributed by atoms with Crippen molar-refractivity contribution >= 4 is 10.9 Å². The standard InChI is InChI=1S/C18H14F3N/c1-2-12-6-8-13(9-7-12)14-10-11-22-17-15(14)4-3-5-16(17)18(19,20)21/h3-11H,2H2,1H3. The van der Waals surface area contributed by atoms with Gasteiger partial charge in [0.25, 0.3) is 0 Å². The summed E-state index contributed by atoms with van der Waals surface area (Å²) in [5.74, 6) is 0. The molecule has 0 aliphatic carbocycles. The zero-order chi connectivity index (χ0) is 15.7. The van der Waals surface area contributed by atoms with Gasteiger partial charge in [-0.2, -0.15) is 13.2 Å². The number of hydrogen-bond acceptors (Lipinski definition) is 1. The lowest BCUT2D eigenvalue weighted by molar-refractivity contribution is -0.136. The summed E-state index contributed by atoms with van der Waals surface area (Å²) in [4.78, 5) is 3.95. The second kappa shape index (κ2) is 5.44. The van der Waals surface area contributed by atoms with Gasteiger partial charge in [-0.05, 0) is 35.2 Å². The molecule has 0 bridgehead atoms. The van der Waals surface area contributed by atoms with E-state index in [4.69, 9.17) is 0 Å². The third-order valence-electron chi connectivity index (χ3n) is 3.75. The minimum atomic E-state index is -4.41. The summed E-state index contributed by atoms with van der Waals surface area (Å²) in [7, 11) is 0. The molecule has 0 aliphatic rings. The minimum absolute atomic E-state index is 0.00734. The van der Waals surface area contributed by atoms with Gasteiger partial charge in [-0.15, -0.1) is 0 Å². The SMILES string of the molecule is CCc1ccc(-c2ccnc3c(C(F)(F)F)cccc23)cc1. The third-order valence-corrected chi connectivity index (χ3v) is 3.75. The van der Waals surface area contributed by atoms with Crippen LogP contribution in [0.4, 0.5) is 13.2 Å². The summed E-state index contributed by atoms with van der Waals surface area (Å²) in [5.41, 5.74) is 2.14. The number of pyridine rings is 1. The number of hydrogen-bond donors (Lipinski definition) is 0. The number of fused-ring (bicyclic) bond motifs is 1. The van der Waals surface area contributed by atoms with Crippen molar-refractivity contribution < 1.29 is 13.2 Å². The van der Waals surface area contributed by atoms with Crippen LogP contribution in [0.5, 0.6) is 0 Å².